The zero-order valence-corrected chi connectivity index (χ0v) is 13.9. The molecular weight excluding hydrogens is 327 g/mol. The Morgan fingerprint density at radius 3 is 1.95 bits per heavy atom. The molecule has 0 saturated carbocycles. The molecule has 132 valence electrons. The van der Waals surface area contributed by atoms with Gasteiger partial charge in [-0.3, -0.25) is 9.05 Å². The first-order valence-corrected chi connectivity index (χ1v) is 8.70. The molecule has 22 heavy (non-hydrogen) atoms. The standard InChI is InChI=1S/C13H23F4O4P/c1-4-7-8-9-10-11(12(14)13(15,16)17)21-22(18,19-5-2)20-6-3/h4-10H2,1-3H3/b12-11-. The lowest BCUT2D eigenvalue weighted by Gasteiger charge is -2.20. The Hall–Kier alpha value is -0.590. The first kappa shape index (κ1) is 21.4. The Balaban J connectivity index is 5.18. The second-order valence-corrected chi connectivity index (χ2v) is 6.01. The van der Waals surface area contributed by atoms with Gasteiger partial charge in [0.1, 0.15) is 5.76 Å². The van der Waals surface area contributed by atoms with Crippen LogP contribution in [0.4, 0.5) is 17.6 Å². The number of hydrogen-bond acceptors (Lipinski definition) is 4. The van der Waals surface area contributed by atoms with E-state index < -0.39 is 25.6 Å². The first-order valence-electron chi connectivity index (χ1n) is 7.24. The molecule has 0 amide bonds. The van der Waals surface area contributed by atoms with Gasteiger partial charge in [0.05, 0.1) is 13.2 Å². The number of hydrogen-bond donors (Lipinski definition) is 0. The van der Waals surface area contributed by atoms with Crippen LogP contribution in [0.1, 0.15) is 52.9 Å². The van der Waals surface area contributed by atoms with Crippen molar-refractivity contribution in [1.29, 1.82) is 0 Å². The van der Waals surface area contributed by atoms with E-state index in [0.717, 1.165) is 12.8 Å². The average Bonchev–Trinajstić information content (AvgIpc) is 2.41. The number of allylic oxidation sites excluding steroid dienone is 2. The van der Waals surface area contributed by atoms with E-state index in [0.29, 0.717) is 6.42 Å². The van der Waals surface area contributed by atoms with Gasteiger partial charge >= 0.3 is 14.0 Å². The van der Waals surface area contributed by atoms with Crippen LogP contribution < -0.4 is 0 Å². The Morgan fingerprint density at radius 2 is 1.55 bits per heavy atom. The highest BCUT2D eigenvalue weighted by Crippen LogP contribution is 2.53. The summed E-state index contributed by atoms with van der Waals surface area (Å²) in [5, 5.41) is 0. The maximum absolute atomic E-state index is 13.5. The van der Waals surface area contributed by atoms with Gasteiger partial charge in [-0.05, 0) is 20.3 Å². The summed E-state index contributed by atoms with van der Waals surface area (Å²) in [5.41, 5.74) is 0. The van der Waals surface area contributed by atoms with Crippen molar-refractivity contribution >= 4 is 7.82 Å². The molecule has 0 aliphatic rings. The highest BCUT2D eigenvalue weighted by molar-refractivity contribution is 7.48. The van der Waals surface area contributed by atoms with E-state index in [9.17, 15) is 22.1 Å². The van der Waals surface area contributed by atoms with Crippen LogP contribution in [0.15, 0.2) is 11.6 Å². The quantitative estimate of drug-likeness (QED) is 0.201. The number of unbranched alkanes of at least 4 members (excludes halogenated alkanes) is 3. The number of alkyl halides is 3. The van der Waals surface area contributed by atoms with Crippen LogP contribution in [0, 0.1) is 0 Å². The van der Waals surface area contributed by atoms with Crippen molar-refractivity contribution in [2.24, 2.45) is 0 Å². The summed E-state index contributed by atoms with van der Waals surface area (Å²) in [6.45, 7) is 4.67. The van der Waals surface area contributed by atoms with E-state index >= 15 is 0 Å². The monoisotopic (exact) mass is 350 g/mol. The fraction of sp³-hybridized carbons (Fsp3) is 0.846. The summed E-state index contributed by atoms with van der Waals surface area (Å²) < 4.78 is 77.4. The Morgan fingerprint density at radius 1 is 1.00 bits per heavy atom. The maximum atomic E-state index is 13.5. The van der Waals surface area contributed by atoms with Crippen molar-refractivity contribution < 1.29 is 35.7 Å². The third-order valence-corrected chi connectivity index (χ3v) is 4.14. The second kappa shape index (κ2) is 10.2. The first-order chi connectivity index (χ1) is 10.2. The van der Waals surface area contributed by atoms with E-state index in [2.05, 4.69) is 4.52 Å². The molecule has 0 N–H and O–H groups in total. The van der Waals surface area contributed by atoms with Crippen LogP contribution in [-0.4, -0.2) is 19.4 Å². The van der Waals surface area contributed by atoms with Crippen molar-refractivity contribution in [2.45, 2.75) is 59.1 Å². The van der Waals surface area contributed by atoms with Gasteiger partial charge in [-0.25, -0.2) is 4.57 Å². The van der Waals surface area contributed by atoms with Gasteiger partial charge in [0.2, 0.25) is 5.83 Å². The van der Waals surface area contributed by atoms with E-state index in [1.165, 1.54) is 13.8 Å². The van der Waals surface area contributed by atoms with E-state index in [1.54, 1.807) is 0 Å². The molecular formula is C13H23F4O4P. The third-order valence-electron chi connectivity index (χ3n) is 2.55. The molecule has 0 radical (unpaired) electrons. The summed E-state index contributed by atoms with van der Waals surface area (Å²) >= 11 is 0. The molecule has 0 aliphatic carbocycles. The summed E-state index contributed by atoms with van der Waals surface area (Å²) in [6.07, 6.45) is -2.96. The molecule has 0 saturated heterocycles. The topological polar surface area (TPSA) is 44.8 Å². The number of rotatable bonds is 11. The lowest BCUT2D eigenvalue weighted by Crippen LogP contribution is -2.13. The number of phosphoric ester groups is 1. The van der Waals surface area contributed by atoms with Gasteiger partial charge < -0.3 is 4.52 Å². The van der Waals surface area contributed by atoms with Crippen LogP contribution in [0.3, 0.4) is 0 Å². The Kier molecular flexibility index (Phi) is 9.96. The smallest absolute Gasteiger partial charge is 0.405 e. The summed E-state index contributed by atoms with van der Waals surface area (Å²) in [6, 6.07) is 0. The Bertz CT molecular complexity index is 386. The zero-order valence-electron chi connectivity index (χ0n) is 13.0. The lowest BCUT2D eigenvalue weighted by molar-refractivity contribution is -0.112. The maximum Gasteiger partial charge on any atom is 0.529 e. The van der Waals surface area contributed by atoms with Gasteiger partial charge in [-0.15, -0.1) is 0 Å². The predicted molar refractivity (Wildman–Crippen MR) is 74.9 cm³/mol. The average molecular weight is 350 g/mol. The molecule has 0 aromatic carbocycles. The molecule has 0 aromatic rings. The molecule has 0 atom stereocenters. The van der Waals surface area contributed by atoms with Crippen molar-refractivity contribution in [3.05, 3.63) is 11.6 Å². The van der Waals surface area contributed by atoms with E-state index in [1.807, 2.05) is 6.92 Å². The molecule has 0 bridgehead atoms. The molecule has 0 unspecified atom stereocenters. The van der Waals surface area contributed by atoms with Gasteiger partial charge in [0.15, 0.2) is 0 Å². The summed E-state index contributed by atoms with van der Waals surface area (Å²) in [7, 11) is -4.25. The van der Waals surface area contributed by atoms with Crippen molar-refractivity contribution in [1.82, 2.24) is 0 Å². The fourth-order valence-corrected chi connectivity index (χ4v) is 2.86. The van der Waals surface area contributed by atoms with Crippen molar-refractivity contribution in [3.8, 4) is 0 Å². The molecule has 0 rings (SSSR count). The van der Waals surface area contributed by atoms with E-state index in [-0.39, 0.29) is 26.1 Å². The van der Waals surface area contributed by atoms with E-state index in [4.69, 9.17) is 9.05 Å². The molecule has 0 aliphatic heterocycles. The van der Waals surface area contributed by atoms with Crippen LogP contribution in [0.2, 0.25) is 0 Å². The predicted octanol–water partition coefficient (Wildman–Crippen LogP) is 5.90. The van der Waals surface area contributed by atoms with Crippen LogP contribution in [0.5, 0.6) is 0 Å². The lowest BCUT2D eigenvalue weighted by atomic mass is 10.1. The highest BCUT2D eigenvalue weighted by atomic mass is 31.2. The molecule has 0 heterocycles. The minimum atomic E-state index is -5.21. The fourth-order valence-electron chi connectivity index (χ4n) is 1.61. The van der Waals surface area contributed by atoms with Crippen molar-refractivity contribution in [3.63, 3.8) is 0 Å². The van der Waals surface area contributed by atoms with Crippen LogP contribution in [0.25, 0.3) is 0 Å². The highest BCUT2D eigenvalue weighted by Gasteiger charge is 2.41. The van der Waals surface area contributed by atoms with Gasteiger partial charge in [-0.1, -0.05) is 26.2 Å². The van der Waals surface area contributed by atoms with Crippen LogP contribution >= 0.6 is 7.82 Å². The van der Waals surface area contributed by atoms with Gasteiger partial charge in [0.25, 0.3) is 0 Å². The summed E-state index contributed by atoms with van der Waals surface area (Å²) in [4.78, 5) is 0. The third kappa shape index (κ3) is 8.15. The largest absolute Gasteiger partial charge is 0.529 e. The van der Waals surface area contributed by atoms with Crippen molar-refractivity contribution in [2.75, 3.05) is 13.2 Å². The van der Waals surface area contributed by atoms with Gasteiger partial charge in [-0.2, -0.15) is 17.6 Å². The molecule has 9 heteroatoms. The SMILES string of the molecule is CCCCCC/C(OP(=O)(OCC)OCC)=C(/F)C(F)(F)F. The Labute approximate surface area is 128 Å². The molecule has 4 nitrogen and oxygen atoms in total. The number of halogens is 4. The van der Waals surface area contributed by atoms with Gasteiger partial charge in [0, 0.05) is 6.42 Å². The second-order valence-electron chi connectivity index (χ2n) is 4.42. The number of phosphoric acid groups is 1. The van der Waals surface area contributed by atoms with Crippen LogP contribution in [-0.2, 0) is 18.1 Å². The molecule has 0 aromatic heterocycles. The zero-order chi connectivity index (χ0) is 17.2. The minimum absolute atomic E-state index is 0.103. The minimum Gasteiger partial charge on any atom is -0.405 e. The molecule has 0 fully saturated rings. The molecule has 0 spiro atoms. The summed E-state index contributed by atoms with van der Waals surface area (Å²) in [5.74, 6) is -3.43. The normalized spacial score (nSPS) is 14.0.